The molecule has 0 heterocycles. The second-order valence-electron chi connectivity index (χ2n) is 7.01. The molecule has 114 valence electrons. The van der Waals surface area contributed by atoms with Gasteiger partial charge in [-0.1, -0.05) is 26.7 Å². The highest BCUT2D eigenvalue weighted by molar-refractivity contribution is 5.13. The highest BCUT2D eigenvalue weighted by Gasteiger charge is 2.42. The summed E-state index contributed by atoms with van der Waals surface area (Å²) in [5.41, 5.74) is -0.257. The molecule has 2 aliphatic carbocycles. The second-order valence-corrected chi connectivity index (χ2v) is 7.01. The van der Waals surface area contributed by atoms with Crippen molar-refractivity contribution < 1.29 is 0 Å². The molecule has 0 aromatic heterocycles. The minimum atomic E-state index is -0.257. The molecular weight excluding hydrogens is 246 g/mol. The third-order valence-corrected chi connectivity index (χ3v) is 5.58. The van der Waals surface area contributed by atoms with E-state index in [2.05, 4.69) is 37.2 Å². The number of nitriles is 1. The van der Waals surface area contributed by atoms with Crippen molar-refractivity contribution in [3.8, 4) is 6.07 Å². The summed E-state index contributed by atoms with van der Waals surface area (Å²) in [6.45, 7) is 5.53. The topological polar surface area (TPSA) is 39.1 Å². The zero-order valence-electron chi connectivity index (χ0n) is 13.5. The zero-order valence-corrected chi connectivity index (χ0v) is 13.5. The molecule has 0 aromatic rings. The Morgan fingerprint density at radius 1 is 1.30 bits per heavy atom. The molecule has 2 fully saturated rings. The van der Waals surface area contributed by atoms with Gasteiger partial charge < -0.3 is 4.90 Å². The largest absolute Gasteiger partial charge is 0.300 e. The van der Waals surface area contributed by atoms with Crippen molar-refractivity contribution in [2.24, 2.45) is 5.92 Å². The highest BCUT2D eigenvalue weighted by atomic mass is 15.2. The fourth-order valence-corrected chi connectivity index (χ4v) is 4.21. The van der Waals surface area contributed by atoms with Crippen molar-refractivity contribution in [3.63, 3.8) is 0 Å². The maximum atomic E-state index is 9.57. The molecule has 4 unspecified atom stereocenters. The van der Waals surface area contributed by atoms with Crippen LogP contribution < -0.4 is 5.32 Å². The summed E-state index contributed by atoms with van der Waals surface area (Å²) in [6.07, 6.45) is 9.78. The molecular formula is C17H31N3. The van der Waals surface area contributed by atoms with E-state index in [1.807, 2.05) is 0 Å². The fraction of sp³-hybridized carbons (Fsp3) is 0.941. The van der Waals surface area contributed by atoms with Crippen LogP contribution in [0.4, 0.5) is 0 Å². The van der Waals surface area contributed by atoms with Gasteiger partial charge in [-0.2, -0.15) is 5.26 Å². The molecule has 0 bridgehead atoms. The first-order valence-electron chi connectivity index (χ1n) is 8.50. The van der Waals surface area contributed by atoms with Gasteiger partial charge in [-0.25, -0.2) is 0 Å². The molecule has 0 aromatic carbocycles. The summed E-state index contributed by atoms with van der Waals surface area (Å²) >= 11 is 0. The molecule has 4 atom stereocenters. The van der Waals surface area contributed by atoms with E-state index in [1.54, 1.807) is 0 Å². The Morgan fingerprint density at radius 3 is 2.70 bits per heavy atom. The standard InChI is InChI=1S/C17H31N3/c1-4-11-19-17(13-18)10-9-15(12-17)20(3)16-8-6-5-7-14(16)2/h14-16,19H,4-12H2,1-3H3. The molecule has 0 amide bonds. The Kier molecular flexibility index (Phi) is 5.46. The van der Waals surface area contributed by atoms with Crippen molar-refractivity contribution in [2.45, 2.75) is 82.8 Å². The van der Waals surface area contributed by atoms with Crippen LogP contribution in [-0.2, 0) is 0 Å². The molecule has 2 saturated carbocycles. The number of hydrogen-bond donors (Lipinski definition) is 1. The Labute approximate surface area is 124 Å². The molecule has 0 aliphatic heterocycles. The molecule has 0 saturated heterocycles. The van der Waals surface area contributed by atoms with Crippen LogP contribution in [0.3, 0.4) is 0 Å². The minimum absolute atomic E-state index is 0.257. The van der Waals surface area contributed by atoms with E-state index in [0.29, 0.717) is 6.04 Å². The van der Waals surface area contributed by atoms with E-state index in [-0.39, 0.29) is 5.54 Å². The van der Waals surface area contributed by atoms with E-state index in [0.717, 1.165) is 37.8 Å². The van der Waals surface area contributed by atoms with Crippen LogP contribution >= 0.6 is 0 Å². The van der Waals surface area contributed by atoms with Crippen molar-refractivity contribution in [1.29, 1.82) is 5.26 Å². The van der Waals surface area contributed by atoms with Gasteiger partial charge in [0.2, 0.25) is 0 Å². The van der Waals surface area contributed by atoms with Gasteiger partial charge in [0.1, 0.15) is 5.54 Å². The second kappa shape index (κ2) is 6.91. The predicted octanol–water partition coefficient (Wildman–Crippen LogP) is 3.31. The maximum Gasteiger partial charge on any atom is 0.108 e. The average Bonchev–Trinajstić information content (AvgIpc) is 2.90. The van der Waals surface area contributed by atoms with Gasteiger partial charge >= 0.3 is 0 Å². The summed E-state index contributed by atoms with van der Waals surface area (Å²) < 4.78 is 0. The maximum absolute atomic E-state index is 9.57. The first-order valence-corrected chi connectivity index (χ1v) is 8.50. The van der Waals surface area contributed by atoms with E-state index >= 15 is 0 Å². The summed E-state index contributed by atoms with van der Waals surface area (Å²) in [6, 6.07) is 3.89. The Hall–Kier alpha value is -0.590. The van der Waals surface area contributed by atoms with E-state index in [9.17, 15) is 5.26 Å². The van der Waals surface area contributed by atoms with Crippen molar-refractivity contribution >= 4 is 0 Å². The van der Waals surface area contributed by atoms with E-state index in [1.165, 1.54) is 32.1 Å². The molecule has 20 heavy (non-hydrogen) atoms. The molecule has 2 aliphatic rings. The van der Waals surface area contributed by atoms with Gasteiger partial charge in [0.25, 0.3) is 0 Å². The molecule has 2 rings (SSSR count). The molecule has 3 heteroatoms. The van der Waals surface area contributed by atoms with Gasteiger partial charge in [0.05, 0.1) is 6.07 Å². The lowest BCUT2D eigenvalue weighted by molar-refractivity contribution is 0.0960. The lowest BCUT2D eigenvalue weighted by Gasteiger charge is -2.40. The smallest absolute Gasteiger partial charge is 0.108 e. The third-order valence-electron chi connectivity index (χ3n) is 5.58. The van der Waals surface area contributed by atoms with Gasteiger partial charge in [-0.15, -0.1) is 0 Å². The van der Waals surface area contributed by atoms with E-state index < -0.39 is 0 Å². The van der Waals surface area contributed by atoms with Crippen molar-refractivity contribution in [1.82, 2.24) is 10.2 Å². The Bertz CT molecular complexity index is 349. The van der Waals surface area contributed by atoms with Crippen LogP contribution in [0, 0.1) is 17.2 Å². The van der Waals surface area contributed by atoms with Crippen molar-refractivity contribution in [3.05, 3.63) is 0 Å². The summed E-state index contributed by atoms with van der Waals surface area (Å²) in [4.78, 5) is 2.61. The minimum Gasteiger partial charge on any atom is -0.300 e. The fourth-order valence-electron chi connectivity index (χ4n) is 4.21. The van der Waals surface area contributed by atoms with Crippen LogP contribution in [0.15, 0.2) is 0 Å². The van der Waals surface area contributed by atoms with Gasteiger partial charge in [0, 0.05) is 12.1 Å². The number of rotatable bonds is 5. The average molecular weight is 277 g/mol. The number of nitrogens with zero attached hydrogens (tertiary/aromatic N) is 2. The Balaban J connectivity index is 1.95. The molecule has 0 spiro atoms. The monoisotopic (exact) mass is 277 g/mol. The highest BCUT2D eigenvalue weighted by Crippen LogP contribution is 2.36. The molecule has 0 radical (unpaired) electrons. The SMILES string of the molecule is CCCNC1(C#N)CCC(N(C)C2CCCCC2C)C1. The Morgan fingerprint density at radius 2 is 2.05 bits per heavy atom. The number of nitrogens with one attached hydrogen (secondary N) is 1. The van der Waals surface area contributed by atoms with Crippen LogP contribution in [-0.4, -0.2) is 36.1 Å². The third kappa shape index (κ3) is 3.35. The van der Waals surface area contributed by atoms with Crippen LogP contribution in [0.5, 0.6) is 0 Å². The summed E-state index contributed by atoms with van der Waals surface area (Å²) in [5, 5.41) is 13.1. The van der Waals surface area contributed by atoms with Gasteiger partial charge in [0.15, 0.2) is 0 Å². The van der Waals surface area contributed by atoms with Crippen LogP contribution in [0.1, 0.15) is 65.2 Å². The lowest BCUT2D eigenvalue weighted by Crippen LogP contribution is -2.47. The zero-order chi connectivity index (χ0) is 14.6. The quantitative estimate of drug-likeness (QED) is 0.838. The van der Waals surface area contributed by atoms with Crippen LogP contribution in [0.25, 0.3) is 0 Å². The summed E-state index contributed by atoms with van der Waals surface area (Å²) in [5.74, 6) is 0.814. The molecule has 3 nitrogen and oxygen atoms in total. The molecule has 1 N–H and O–H groups in total. The van der Waals surface area contributed by atoms with Crippen LogP contribution in [0.2, 0.25) is 0 Å². The first kappa shape index (κ1) is 15.8. The lowest BCUT2D eigenvalue weighted by atomic mass is 9.84. The van der Waals surface area contributed by atoms with Gasteiger partial charge in [-0.3, -0.25) is 5.32 Å². The predicted molar refractivity (Wildman–Crippen MR) is 83.5 cm³/mol. The normalized spacial score (nSPS) is 38.0. The number of hydrogen-bond acceptors (Lipinski definition) is 3. The van der Waals surface area contributed by atoms with E-state index in [4.69, 9.17) is 0 Å². The van der Waals surface area contributed by atoms with Gasteiger partial charge in [-0.05, 0) is 58.0 Å². The van der Waals surface area contributed by atoms with Crippen molar-refractivity contribution in [2.75, 3.05) is 13.6 Å². The first-order chi connectivity index (χ1) is 9.62. The summed E-state index contributed by atoms with van der Waals surface area (Å²) in [7, 11) is 2.30.